The van der Waals surface area contributed by atoms with Gasteiger partial charge in [-0.15, -0.1) is 0 Å². The van der Waals surface area contributed by atoms with Crippen LogP contribution in [-0.2, 0) is 23.8 Å². The molecule has 2 saturated heterocycles. The van der Waals surface area contributed by atoms with Crippen LogP contribution in [0.2, 0.25) is 0 Å². The van der Waals surface area contributed by atoms with Crippen LogP contribution in [0.1, 0.15) is 12.8 Å². The second-order valence-corrected chi connectivity index (χ2v) is 3.97. The van der Waals surface area contributed by atoms with Crippen molar-refractivity contribution >= 4 is 11.9 Å². The topological polar surface area (TPSA) is 61.8 Å². The number of cyclic esters (lactones) is 2. The molecule has 2 unspecified atom stereocenters. The van der Waals surface area contributed by atoms with Gasteiger partial charge < -0.3 is 14.2 Å². The predicted octanol–water partition coefficient (Wildman–Crippen LogP) is -0.161. The van der Waals surface area contributed by atoms with Crippen molar-refractivity contribution in [2.24, 2.45) is 11.8 Å². The molecule has 0 aromatic heterocycles. The van der Waals surface area contributed by atoms with E-state index in [-0.39, 0.29) is 11.8 Å². The van der Waals surface area contributed by atoms with E-state index in [9.17, 15) is 9.59 Å². The third kappa shape index (κ3) is 0.965. The Balaban J connectivity index is 1.87. The molecule has 1 aliphatic carbocycles. The molecule has 0 amide bonds. The van der Waals surface area contributed by atoms with E-state index < -0.39 is 17.7 Å². The van der Waals surface area contributed by atoms with Gasteiger partial charge in [0.1, 0.15) is 0 Å². The highest BCUT2D eigenvalue weighted by Crippen LogP contribution is 2.48. The molecule has 0 N–H and O–H groups in total. The summed E-state index contributed by atoms with van der Waals surface area (Å²) in [4.78, 5) is 22.5. The van der Waals surface area contributed by atoms with E-state index in [1.165, 1.54) is 0 Å². The Morgan fingerprint density at radius 1 is 1.00 bits per heavy atom. The van der Waals surface area contributed by atoms with Gasteiger partial charge in [-0.3, -0.25) is 9.59 Å². The largest absolute Gasteiger partial charge is 0.393 e. The van der Waals surface area contributed by atoms with Gasteiger partial charge in [0.25, 0.3) is 0 Å². The maximum absolute atomic E-state index is 11.3. The van der Waals surface area contributed by atoms with Gasteiger partial charge in [0.05, 0.1) is 25.0 Å². The van der Waals surface area contributed by atoms with Crippen molar-refractivity contribution < 1.29 is 23.8 Å². The van der Waals surface area contributed by atoms with Gasteiger partial charge in [0, 0.05) is 12.8 Å². The van der Waals surface area contributed by atoms with E-state index in [1.807, 2.05) is 0 Å². The van der Waals surface area contributed by atoms with Gasteiger partial charge in [-0.2, -0.15) is 0 Å². The number of carbonyl (C=O) groups excluding carboxylic acids is 2. The van der Waals surface area contributed by atoms with Crippen molar-refractivity contribution in [1.29, 1.82) is 0 Å². The molecule has 3 fully saturated rings. The number of carbonyl (C=O) groups is 2. The Bertz CT molecular complexity index is 280. The van der Waals surface area contributed by atoms with Gasteiger partial charge in [-0.05, 0) is 0 Å². The Labute approximate surface area is 80.3 Å². The summed E-state index contributed by atoms with van der Waals surface area (Å²) >= 11 is 0. The molecule has 3 aliphatic rings. The zero-order valence-electron chi connectivity index (χ0n) is 7.52. The molecule has 76 valence electrons. The van der Waals surface area contributed by atoms with Crippen LogP contribution in [0.5, 0.6) is 0 Å². The molecule has 0 aromatic carbocycles. The smallest absolute Gasteiger partial charge is 0.317 e. The first kappa shape index (κ1) is 8.38. The number of fused-ring (bicyclic) bond motifs is 1. The van der Waals surface area contributed by atoms with Gasteiger partial charge in [0.2, 0.25) is 0 Å². The maximum Gasteiger partial charge on any atom is 0.317 e. The fourth-order valence-corrected chi connectivity index (χ4v) is 2.52. The van der Waals surface area contributed by atoms with Crippen molar-refractivity contribution in [3.8, 4) is 0 Å². The summed E-state index contributed by atoms with van der Waals surface area (Å²) in [5, 5.41) is 0. The van der Waals surface area contributed by atoms with E-state index in [1.54, 1.807) is 0 Å². The molecule has 0 aromatic rings. The third-order valence-corrected chi connectivity index (χ3v) is 3.17. The van der Waals surface area contributed by atoms with Crippen LogP contribution >= 0.6 is 0 Å². The Hall–Kier alpha value is -0.940. The molecule has 0 radical (unpaired) electrons. The predicted molar refractivity (Wildman–Crippen MR) is 41.9 cm³/mol. The highest BCUT2D eigenvalue weighted by Gasteiger charge is 2.59. The molecule has 2 heterocycles. The fourth-order valence-electron chi connectivity index (χ4n) is 2.52. The van der Waals surface area contributed by atoms with Crippen molar-refractivity contribution in [2.75, 3.05) is 13.2 Å². The lowest BCUT2D eigenvalue weighted by atomic mass is 10.00. The summed E-state index contributed by atoms with van der Waals surface area (Å²) in [6, 6.07) is 0. The van der Waals surface area contributed by atoms with E-state index in [0.29, 0.717) is 26.1 Å². The quantitative estimate of drug-likeness (QED) is 0.399. The zero-order valence-corrected chi connectivity index (χ0v) is 7.52. The van der Waals surface area contributed by atoms with Crippen LogP contribution in [0.15, 0.2) is 0 Å². The molecular formula is C9H10O5. The highest BCUT2D eigenvalue weighted by molar-refractivity contribution is 5.97. The molecule has 0 bridgehead atoms. The average Bonchev–Trinajstić information content (AvgIpc) is 2.79. The Morgan fingerprint density at radius 3 is 2.00 bits per heavy atom. The second kappa shape index (κ2) is 2.55. The van der Waals surface area contributed by atoms with Gasteiger partial charge in [0.15, 0.2) is 5.79 Å². The van der Waals surface area contributed by atoms with Gasteiger partial charge in [-0.25, -0.2) is 0 Å². The standard InChI is InChI=1S/C9H10O5/c10-7-5-3-9(12-1-2-13-9)4-6(5)8(11)14-7/h5-6H,1-4H2. The summed E-state index contributed by atoms with van der Waals surface area (Å²) in [6.45, 7) is 1.09. The normalized spacial score (nSPS) is 39.1. The maximum atomic E-state index is 11.3. The minimum absolute atomic E-state index is 0.347. The zero-order chi connectivity index (χ0) is 9.76. The second-order valence-electron chi connectivity index (χ2n) is 3.97. The lowest BCUT2D eigenvalue weighted by Gasteiger charge is -2.21. The van der Waals surface area contributed by atoms with Crippen LogP contribution in [0.4, 0.5) is 0 Å². The van der Waals surface area contributed by atoms with Crippen molar-refractivity contribution in [2.45, 2.75) is 18.6 Å². The summed E-state index contributed by atoms with van der Waals surface area (Å²) in [5.74, 6) is -2.21. The van der Waals surface area contributed by atoms with Crippen molar-refractivity contribution in [3.05, 3.63) is 0 Å². The van der Waals surface area contributed by atoms with E-state index in [0.717, 1.165) is 0 Å². The lowest BCUT2D eigenvalue weighted by molar-refractivity contribution is -0.171. The Kier molecular flexibility index (Phi) is 1.52. The number of hydrogen-bond donors (Lipinski definition) is 0. The number of ether oxygens (including phenoxy) is 3. The van der Waals surface area contributed by atoms with Crippen molar-refractivity contribution in [3.63, 3.8) is 0 Å². The minimum Gasteiger partial charge on any atom is -0.393 e. The molecule has 3 rings (SSSR count). The summed E-state index contributed by atoms with van der Waals surface area (Å²) < 4.78 is 15.4. The first-order valence-corrected chi connectivity index (χ1v) is 4.74. The molecule has 2 atom stereocenters. The fraction of sp³-hybridized carbons (Fsp3) is 0.778. The van der Waals surface area contributed by atoms with Crippen LogP contribution in [0, 0.1) is 11.8 Å². The highest BCUT2D eigenvalue weighted by atomic mass is 16.7. The van der Waals surface area contributed by atoms with E-state index in [4.69, 9.17) is 9.47 Å². The van der Waals surface area contributed by atoms with Crippen LogP contribution in [-0.4, -0.2) is 30.9 Å². The van der Waals surface area contributed by atoms with Gasteiger partial charge in [-0.1, -0.05) is 0 Å². The summed E-state index contributed by atoms with van der Waals surface area (Å²) in [6.07, 6.45) is 0.921. The molecule has 2 aliphatic heterocycles. The average molecular weight is 198 g/mol. The van der Waals surface area contributed by atoms with Crippen LogP contribution in [0.25, 0.3) is 0 Å². The number of hydrogen-bond acceptors (Lipinski definition) is 5. The summed E-state index contributed by atoms with van der Waals surface area (Å²) in [5.41, 5.74) is 0. The Morgan fingerprint density at radius 2 is 1.50 bits per heavy atom. The molecule has 1 saturated carbocycles. The number of rotatable bonds is 0. The summed E-state index contributed by atoms with van der Waals surface area (Å²) in [7, 11) is 0. The SMILES string of the molecule is O=C1OC(=O)C2CC3(CC12)OCCO3. The van der Waals surface area contributed by atoms with Crippen LogP contribution < -0.4 is 0 Å². The third-order valence-electron chi connectivity index (χ3n) is 3.17. The first-order chi connectivity index (χ1) is 6.70. The van der Waals surface area contributed by atoms with E-state index >= 15 is 0 Å². The van der Waals surface area contributed by atoms with E-state index in [2.05, 4.69) is 4.74 Å². The monoisotopic (exact) mass is 198 g/mol. The van der Waals surface area contributed by atoms with Gasteiger partial charge >= 0.3 is 11.9 Å². The number of esters is 2. The minimum atomic E-state index is -0.676. The molecular weight excluding hydrogens is 188 g/mol. The first-order valence-electron chi connectivity index (χ1n) is 4.74. The van der Waals surface area contributed by atoms with Crippen molar-refractivity contribution in [1.82, 2.24) is 0 Å². The lowest BCUT2D eigenvalue weighted by Crippen LogP contribution is -2.28. The molecule has 5 nitrogen and oxygen atoms in total. The molecule has 14 heavy (non-hydrogen) atoms. The molecule has 5 heteroatoms. The molecule has 1 spiro atoms. The van der Waals surface area contributed by atoms with Crippen LogP contribution in [0.3, 0.4) is 0 Å².